The van der Waals surface area contributed by atoms with Crippen LogP contribution in [0.25, 0.3) is 0 Å². The van der Waals surface area contributed by atoms with Gasteiger partial charge in [0.25, 0.3) is 0 Å². The zero-order chi connectivity index (χ0) is 17.5. The summed E-state index contributed by atoms with van der Waals surface area (Å²) in [4.78, 5) is 12.2. The third kappa shape index (κ3) is 4.98. The molecular formula is C19H23ClN2O2. The molecule has 0 fully saturated rings. The van der Waals surface area contributed by atoms with Crippen molar-refractivity contribution in [2.75, 3.05) is 19.0 Å². The summed E-state index contributed by atoms with van der Waals surface area (Å²) in [5, 5.41) is 6.63. The Balaban J connectivity index is 1.95. The van der Waals surface area contributed by atoms with E-state index in [-0.39, 0.29) is 18.5 Å². The van der Waals surface area contributed by atoms with E-state index in [0.29, 0.717) is 22.4 Å². The van der Waals surface area contributed by atoms with Crippen molar-refractivity contribution in [3.63, 3.8) is 0 Å². The summed E-state index contributed by atoms with van der Waals surface area (Å²) in [7, 11) is 1.55. The number of rotatable bonds is 7. The Morgan fingerprint density at radius 2 is 1.88 bits per heavy atom. The second-order valence-electron chi connectivity index (χ2n) is 5.91. The van der Waals surface area contributed by atoms with Crippen molar-refractivity contribution in [3.05, 3.63) is 59.1 Å². The van der Waals surface area contributed by atoms with Crippen LogP contribution in [0.1, 0.15) is 25.5 Å². The largest absolute Gasteiger partial charge is 0.495 e. The maximum absolute atomic E-state index is 12.2. The maximum Gasteiger partial charge on any atom is 0.238 e. The summed E-state index contributed by atoms with van der Waals surface area (Å²) in [5.74, 6) is 0.838. The van der Waals surface area contributed by atoms with Crippen LogP contribution in [0.5, 0.6) is 5.75 Å². The van der Waals surface area contributed by atoms with E-state index in [9.17, 15) is 4.79 Å². The zero-order valence-electron chi connectivity index (χ0n) is 14.2. The van der Waals surface area contributed by atoms with E-state index < -0.39 is 0 Å². The lowest BCUT2D eigenvalue weighted by atomic mass is 9.96. The standard InChI is InChI=1S/C19H23ClN2O2/c1-13(2)19(14-7-5-4-6-8-14)21-12-18(23)22-15-9-10-17(24-3)16(20)11-15/h4-11,13,19,21H,12H2,1-3H3,(H,22,23)/t19-/m0/s1. The quantitative estimate of drug-likeness (QED) is 0.787. The van der Waals surface area contributed by atoms with Crippen molar-refractivity contribution in [1.82, 2.24) is 5.32 Å². The van der Waals surface area contributed by atoms with E-state index >= 15 is 0 Å². The molecule has 0 aliphatic rings. The van der Waals surface area contributed by atoms with Crippen LogP contribution < -0.4 is 15.4 Å². The molecule has 0 unspecified atom stereocenters. The highest BCUT2D eigenvalue weighted by atomic mass is 35.5. The van der Waals surface area contributed by atoms with Crippen LogP contribution in [0.15, 0.2) is 48.5 Å². The van der Waals surface area contributed by atoms with Gasteiger partial charge >= 0.3 is 0 Å². The SMILES string of the molecule is COc1ccc(NC(=O)CN[C@H](c2ccccc2)C(C)C)cc1Cl. The van der Waals surface area contributed by atoms with Gasteiger partial charge in [0, 0.05) is 11.7 Å². The average molecular weight is 347 g/mol. The van der Waals surface area contributed by atoms with Crippen LogP contribution in [-0.4, -0.2) is 19.6 Å². The molecule has 4 nitrogen and oxygen atoms in total. The summed E-state index contributed by atoms with van der Waals surface area (Å²) in [5.41, 5.74) is 1.82. The maximum atomic E-state index is 12.2. The van der Waals surface area contributed by atoms with Gasteiger partial charge in [0.05, 0.1) is 18.7 Å². The summed E-state index contributed by atoms with van der Waals surface area (Å²) in [6.07, 6.45) is 0. The molecule has 24 heavy (non-hydrogen) atoms. The minimum atomic E-state index is -0.113. The molecule has 0 aliphatic carbocycles. The van der Waals surface area contributed by atoms with Gasteiger partial charge in [0.2, 0.25) is 5.91 Å². The Bertz CT molecular complexity index is 674. The fraction of sp³-hybridized carbons (Fsp3) is 0.316. The second-order valence-corrected chi connectivity index (χ2v) is 6.32. The van der Waals surface area contributed by atoms with E-state index in [1.165, 1.54) is 5.56 Å². The summed E-state index contributed by atoms with van der Waals surface area (Å²) >= 11 is 6.07. The Morgan fingerprint density at radius 3 is 2.46 bits per heavy atom. The number of ether oxygens (including phenoxy) is 1. The molecule has 1 atom stereocenters. The topological polar surface area (TPSA) is 50.4 Å². The van der Waals surface area contributed by atoms with Gasteiger partial charge in [-0.25, -0.2) is 0 Å². The van der Waals surface area contributed by atoms with Crippen molar-refractivity contribution in [2.24, 2.45) is 5.92 Å². The molecule has 1 amide bonds. The molecule has 0 aliphatic heterocycles. The first-order valence-corrected chi connectivity index (χ1v) is 8.30. The number of nitrogens with one attached hydrogen (secondary N) is 2. The molecule has 5 heteroatoms. The fourth-order valence-corrected chi connectivity index (χ4v) is 2.81. The van der Waals surface area contributed by atoms with Crippen LogP contribution in [0.3, 0.4) is 0 Å². The fourth-order valence-electron chi connectivity index (χ4n) is 2.55. The number of benzene rings is 2. The van der Waals surface area contributed by atoms with Crippen LogP contribution >= 0.6 is 11.6 Å². The smallest absolute Gasteiger partial charge is 0.238 e. The third-order valence-corrected chi connectivity index (χ3v) is 4.04. The summed E-state index contributed by atoms with van der Waals surface area (Å²) in [6, 6.07) is 15.4. The van der Waals surface area contributed by atoms with Gasteiger partial charge in [0.1, 0.15) is 5.75 Å². The van der Waals surface area contributed by atoms with Gasteiger partial charge in [-0.1, -0.05) is 55.8 Å². The van der Waals surface area contributed by atoms with Gasteiger partial charge in [0.15, 0.2) is 0 Å². The lowest BCUT2D eigenvalue weighted by Gasteiger charge is -2.22. The predicted octanol–water partition coefficient (Wildman–Crippen LogP) is 4.27. The predicted molar refractivity (Wildman–Crippen MR) is 98.7 cm³/mol. The minimum Gasteiger partial charge on any atom is -0.495 e. The Kier molecular flexibility index (Phi) is 6.64. The van der Waals surface area contributed by atoms with Crippen LogP contribution in [-0.2, 0) is 4.79 Å². The molecule has 2 aromatic carbocycles. The van der Waals surface area contributed by atoms with Crippen molar-refractivity contribution in [2.45, 2.75) is 19.9 Å². The molecule has 2 rings (SSSR count). The minimum absolute atomic E-state index is 0.113. The normalized spacial score (nSPS) is 12.0. The van der Waals surface area contributed by atoms with Crippen LogP contribution in [0.2, 0.25) is 5.02 Å². The highest BCUT2D eigenvalue weighted by molar-refractivity contribution is 6.32. The number of methoxy groups -OCH3 is 1. The number of hydrogen-bond acceptors (Lipinski definition) is 3. The zero-order valence-corrected chi connectivity index (χ0v) is 14.9. The number of anilines is 1. The average Bonchev–Trinajstić information content (AvgIpc) is 2.56. The molecular weight excluding hydrogens is 324 g/mol. The Labute approximate surface area is 148 Å². The van der Waals surface area contributed by atoms with Gasteiger partial charge < -0.3 is 15.4 Å². The molecule has 0 saturated heterocycles. The van der Waals surface area contributed by atoms with Gasteiger partial charge in [-0.3, -0.25) is 4.79 Å². The van der Waals surface area contributed by atoms with E-state index in [2.05, 4.69) is 36.6 Å². The molecule has 0 spiro atoms. The number of carbonyl (C=O) groups excluding carboxylic acids is 1. The van der Waals surface area contributed by atoms with Crippen LogP contribution in [0, 0.1) is 5.92 Å². The third-order valence-electron chi connectivity index (χ3n) is 3.74. The molecule has 0 saturated carbocycles. The van der Waals surface area contributed by atoms with Gasteiger partial charge in [-0.2, -0.15) is 0 Å². The van der Waals surface area contributed by atoms with Gasteiger partial charge in [-0.15, -0.1) is 0 Å². The summed E-state index contributed by atoms with van der Waals surface area (Å²) in [6.45, 7) is 4.49. The first-order chi connectivity index (χ1) is 11.5. The number of hydrogen-bond donors (Lipinski definition) is 2. The van der Waals surface area contributed by atoms with Crippen molar-refractivity contribution in [1.29, 1.82) is 0 Å². The lowest BCUT2D eigenvalue weighted by Crippen LogP contribution is -2.33. The monoisotopic (exact) mass is 346 g/mol. The number of amides is 1. The second kappa shape index (κ2) is 8.71. The molecule has 128 valence electrons. The van der Waals surface area contributed by atoms with Gasteiger partial charge in [-0.05, 0) is 29.7 Å². The van der Waals surface area contributed by atoms with Crippen molar-refractivity contribution < 1.29 is 9.53 Å². The molecule has 0 aromatic heterocycles. The highest BCUT2D eigenvalue weighted by Crippen LogP contribution is 2.27. The molecule has 2 N–H and O–H groups in total. The van der Waals surface area contributed by atoms with E-state index in [0.717, 1.165) is 0 Å². The van der Waals surface area contributed by atoms with E-state index in [1.807, 2.05) is 18.2 Å². The molecule has 2 aromatic rings. The number of halogens is 1. The molecule has 0 radical (unpaired) electrons. The lowest BCUT2D eigenvalue weighted by molar-refractivity contribution is -0.115. The molecule has 0 bridgehead atoms. The number of carbonyl (C=O) groups is 1. The van der Waals surface area contributed by atoms with Crippen molar-refractivity contribution in [3.8, 4) is 5.75 Å². The summed E-state index contributed by atoms with van der Waals surface area (Å²) < 4.78 is 5.10. The van der Waals surface area contributed by atoms with Crippen LogP contribution in [0.4, 0.5) is 5.69 Å². The molecule has 0 heterocycles. The van der Waals surface area contributed by atoms with Crippen molar-refractivity contribution >= 4 is 23.2 Å². The van der Waals surface area contributed by atoms with E-state index in [4.69, 9.17) is 16.3 Å². The first-order valence-electron chi connectivity index (χ1n) is 7.93. The first kappa shape index (κ1) is 18.3. The Morgan fingerprint density at radius 1 is 1.17 bits per heavy atom. The Hall–Kier alpha value is -2.04. The van der Waals surface area contributed by atoms with E-state index in [1.54, 1.807) is 25.3 Å². The highest BCUT2D eigenvalue weighted by Gasteiger charge is 2.16.